The van der Waals surface area contributed by atoms with E-state index in [0.29, 0.717) is 18.8 Å². The summed E-state index contributed by atoms with van der Waals surface area (Å²) in [6.07, 6.45) is 3.59. The summed E-state index contributed by atoms with van der Waals surface area (Å²) in [5.74, 6) is 1.84. The maximum absolute atomic E-state index is 11.4. The van der Waals surface area contributed by atoms with Crippen LogP contribution in [0.15, 0.2) is 34.3 Å². The molecule has 240 valence electrons. The summed E-state index contributed by atoms with van der Waals surface area (Å²) in [5.41, 5.74) is 4.82. The zero-order valence-electron chi connectivity index (χ0n) is 29.3. The minimum Gasteiger partial charge on any atom is -0.507 e. The summed E-state index contributed by atoms with van der Waals surface area (Å²) in [6.45, 7) is 28.8. The second-order valence-corrected chi connectivity index (χ2v) is 16.5. The molecule has 0 radical (unpaired) electrons. The molecule has 44 heavy (non-hydrogen) atoms. The highest BCUT2D eigenvalue weighted by Crippen LogP contribution is 2.37. The topological polar surface area (TPSA) is 74.7 Å². The van der Waals surface area contributed by atoms with Crippen molar-refractivity contribution in [1.82, 2.24) is 9.80 Å². The molecule has 0 unspecified atom stereocenters. The lowest BCUT2D eigenvalue weighted by atomic mass is 9.79. The van der Waals surface area contributed by atoms with Crippen LogP contribution >= 0.6 is 0 Å². The molecular weight excluding hydrogens is 546 g/mol. The second-order valence-electron chi connectivity index (χ2n) is 16.5. The van der Waals surface area contributed by atoms with Crippen LogP contribution in [0.5, 0.6) is 11.5 Å². The molecule has 2 aromatic rings. The molecule has 2 aliphatic heterocycles. The zero-order valence-corrected chi connectivity index (χ0v) is 29.3. The Balaban J connectivity index is 1.59. The van der Waals surface area contributed by atoms with Gasteiger partial charge in [0.2, 0.25) is 0 Å². The Bertz CT molecular complexity index is 1480. The van der Waals surface area contributed by atoms with Crippen molar-refractivity contribution in [2.75, 3.05) is 39.8 Å². The average molecular weight is 603 g/mol. The molecule has 2 aliphatic rings. The van der Waals surface area contributed by atoms with Crippen LogP contribution in [0.25, 0.3) is 0 Å². The highest BCUT2D eigenvalue weighted by Gasteiger charge is 2.40. The number of rotatable bonds is 7. The van der Waals surface area contributed by atoms with Crippen molar-refractivity contribution in [2.24, 2.45) is 9.98 Å². The summed E-state index contributed by atoms with van der Waals surface area (Å²) < 4.78 is 2.31. The number of phenolic OH excluding ortho intramolecular Hbond substituents is 2. The van der Waals surface area contributed by atoms with E-state index < -0.39 is 5.54 Å². The van der Waals surface area contributed by atoms with E-state index in [1.165, 1.54) is 17.1 Å². The molecule has 0 saturated carbocycles. The van der Waals surface area contributed by atoms with Crippen LogP contribution < -0.4 is 0 Å². The number of fused-ring (bicyclic) bond motifs is 1. The predicted molar refractivity (Wildman–Crippen MR) is 184 cm³/mol. The van der Waals surface area contributed by atoms with Crippen LogP contribution in [-0.4, -0.2) is 88.3 Å². The standard InChI is InChI=1S/C37H55N5O2/c1-34(2,3)28-17-25(31(43)27(19-28)23-42-16-15-41-14-13-40(12)33(41)42)21-38-24-37(10,11)39-22-26-18-29(35(4,5)6)20-30(32(26)44)36(7,8)9/h17-22H,13-16,23-24H2,1-12H3,(H-,38,39,43,44)/p+1. The van der Waals surface area contributed by atoms with E-state index in [1.54, 1.807) is 12.4 Å². The number of guanidine groups is 1. The smallest absolute Gasteiger partial charge is 0.350 e. The molecule has 0 aliphatic carbocycles. The highest BCUT2D eigenvalue weighted by molar-refractivity contribution is 5.86. The minimum absolute atomic E-state index is 0.0571. The first-order chi connectivity index (χ1) is 20.2. The summed E-state index contributed by atoms with van der Waals surface area (Å²) >= 11 is 0. The fraction of sp³-hybridized carbons (Fsp3) is 0.595. The Labute approximate surface area is 266 Å². The summed E-state index contributed by atoms with van der Waals surface area (Å²) in [4.78, 5) is 14.5. The van der Waals surface area contributed by atoms with Gasteiger partial charge < -0.3 is 10.2 Å². The monoisotopic (exact) mass is 602 g/mol. The van der Waals surface area contributed by atoms with Crippen LogP contribution in [0.2, 0.25) is 0 Å². The zero-order chi connectivity index (χ0) is 32.8. The van der Waals surface area contributed by atoms with Gasteiger partial charge >= 0.3 is 5.96 Å². The third kappa shape index (κ3) is 7.47. The minimum atomic E-state index is -0.509. The van der Waals surface area contributed by atoms with Crippen molar-refractivity contribution in [1.29, 1.82) is 0 Å². The number of nitrogens with zero attached hydrogens (tertiary/aromatic N) is 5. The van der Waals surface area contributed by atoms with Crippen LogP contribution in [-0.2, 0) is 22.8 Å². The molecule has 2 heterocycles. The summed E-state index contributed by atoms with van der Waals surface area (Å²) in [6, 6.07) is 8.39. The van der Waals surface area contributed by atoms with Crippen molar-refractivity contribution >= 4 is 18.4 Å². The van der Waals surface area contributed by atoms with Gasteiger partial charge in [0.1, 0.15) is 11.5 Å². The Morgan fingerprint density at radius 2 is 1.34 bits per heavy atom. The summed E-state index contributed by atoms with van der Waals surface area (Å²) in [7, 11) is 2.15. The maximum atomic E-state index is 11.4. The van der Waals surface area contributed by atoms with Crippen LogP contribution in [0.1, 0.15) is 110 Å². The van der Waals surface area contributed by atoms with Crippen molar-refractivity contribution in [3.05, 3.63) is 57.6 Å². The first-order valence-corrected chi connectivity index (χ1v) is 16.0. The van der Waals surface area contributed by atoms with Crippen molar-refractivity contribution in [3.8, 4) is 11.5 Å². The third-order valence-electron chi connectivity index (χ3n) is 8.77. The quantitative estimate of drug-likeness (QED) is 0.283. The van der Waals surface area contributed by atoms with E-state index in [0.717, 1.165) is 48.4 Å². The molecular formula is C37H56N5O2+. The van der Waals surface area contributed by atoms with Crippen molar-refractivity contribution in [2.45, 2.75) is 104 Å². The number of aromatic hydroxyl groups is 2. The Kier molecular flexibility index (Phi) is 9.05. The molecule has 0 aromatic heterocycles. The summed E-state index contributed by atoms with van der Waals surface area (Å²) in [5, 5.41) is 22.6. The SMILES string of the molecule is C[N+]1=C2N(CCN2Cc2cc(C(C)(C)C)cc(C=NCC(C)(C)N=Cc3cc(C(C)(C)C)cc(C(C)(C)C)c3O)c2O)CC1. The van der Waals surface area contributed by atoms with Gasteiger partial charge in [0, 0.05) is 34.7 Å². The molecule has 7 heteroatoms. The van der Waals surface area contributed by atoms with Gasteiger partial charge in [-0.2, -0.15) is 0 Å². The number of hydrogen-bond acceptors (Lipinski definition) is 6. The van der Waals surface area contributed by atoms with E-state index in [4.69, 9.17) is 9.98 Å². The van der Waals surface area contributed by atoms with Gasteiger partial charge in [-0.15, -0.1) is 0 Å². The lowest BCUT2D eigenvalue weighted by Gasteiger charge is -2.27. The van der Waals surface area contributed by atoms with Gasteiger partial charge in [-0.3, -0.25) is 24.4 Å². The molecule has 0 spiro atoms. The fourth-order valence-electron chi connectivity index (χ4n) is 5.85. The molecule has 1 fully saturated rings. The first kappa shape index (κ1) is 33.5. The van der Waals surface area contributed by atoms with Gasteiger partial charge in [0.15, 0.2) is 0 Å². The number of likely N-dealkylation sites (N-methyl/N-ethyl adjacent to an activating group) is 1. The van der Waals surface area contributed by atoms with Crippen LogP contribution in [0.3, 0.4) is 0 Å². The van der Waals surface area contributed by atoms with E-state index in [-0.39, 0.29) is 22.0 Å². The largest absolute Gasteiger partial charge is 0.507 e. The first-order valence-electron chi connectivity index (χ1n) is 16.0. The molecule has 1 saturated heterocycles. The number of hydrogen-bond donors (Lipinski definition) is 2. The van der Waals surface area contributed by atoms with Crippen molar-refractivity contribution in [3.63, 3.8) is 0 Å². The fourth-order valence-corrected chi connectivity index (χ4v) is 5.85. The van der Waals surface area contributed by atoms with E-state index in [1.807, 2.05) is 19.9 Å². The van der Waals surface area contributed by atoms with Gasteiger partial charge in [0.25, 0.3) is 0 Å². The van der Waals surface area contributed by atoms with E-state index in [2.05, 4.69) is 102 Å². The maximum Gasteiger partial charge on any atom is 0.350 e. The number of aliphatic imine (C=N–C) groups is 2. The predicted octanol–water partition coefficient (Wildman–Crippen LogP) is 6.44. The van der Waals surface area contributed by atoms with Crippen LogP contribution in [0, 0.1) is 0 Å². The number of benzene rings is 2. The van der Waals surface area contributed by atoms with Gasteiger partial charge in [-0.1, -0.05) is 68.4 Å². The Morgan fingerprint density at radius 3 is 1.93 bits per heavy atom. The normalized spacial score (nSPS) is 16.7. The van der Waals surface area contributed by atoms with Crippen LogP contribution in [0.4, 0.5) is 0 Å². The second kappa shape index (κ2) is 11.9. The van der Waals surface area contributed by atoms with Gasteiger partial charge in [0.05, 0.1) is 51.9 Å². The molecule has 2 aromatic carbocycles. The Morgan fingerprint density at radius 1 is 0.750 bits per heavy atom. The number of phenols is 2. The molecule has 4 rings (SSSR count). The molecule has 0 bridgehead atoms. The van der Waals surface area contributed by atoms with Crippen molar-refractivity contribution < 1.29 is 14.8 Å². The average Bonchev–Trinajstić information content (AvgIpc) is 3.46. The third-order valence-corrected chi connectivity index (χ3v) is 8.77. The lowest BCUT2D eigenvalue weighted by molar-refractivity contribution is -0.491. The molecule has 7 nitrogen and oxygen atoms in total. The van der Waals surface area contributed by atoms with E-state index in [9.17, 15) is 10.2 Å². The van der Waals surface area contributed by atoms with Gasteiger partial charge in [-0.25, -0.2) is 0 Å². The highest BCUT2D eigenvalue weighted by atomic mass is 16.3. The Hall–Kier alpha value is -3.35. The lowest BCUT2D eigenvalue weighted by Crippen LogP contribution is -2.33. The molecule has 0 amide bonds. The molecule has 0 atom stereocenters. The molecule has 2 N–H and O–H groups in total. The van der Waals surface area contributed by atoms with Gasteiger partial charge in [-0.05, 0) is 59.4 Å². The van der Waals surface area contributed by atoms with E-state index >= 15 is 0 Å².